The molecule has 0 amide bonds. The molecule has 0 radical (unpaired) electrons. The Hall–Kier alpha value is -0.770. The van der Waals surface area contributed by atoms with Crippen molar-refractivity contribution in [2.75, 3.05) is 0 Å². The molecule has 0 rings (SSSR count). The molecule has 42 valence electrons. The van der Waals surface area contributed by atoms with Gasteiger partial charge in [0, 0.05) is 0 Å². The van der Waals surface area contributed by atoms with E-state index in [2.05, 4.69) is 5.16 Å². The number of carboxylic acids is 1. The third kappa shape index (κ3) is 11.0. The van der Waals surface area contributed by atoms with Crippen LogP contribution in [0.1, 0.15) is 0 Å². The van der Waals surface area contributed by atoms with Gasteiger partial charge in [-0.1, -0.05) is 5.16 Å². The Balaban J connectivity index is 0. The van der Waals surface area contributed by atoms with Crippen LogP contribution in [0, 0.1) is 0 Å². The SMILES string of the molecule is Cl.O=C(O)C=NO. The summed E-state index contributed by atoms with van der Waals surface area (Å²) >= 11 is 0. The van der Waals surface area contributed by atoms with Crippen LogP contribution in [0.25, 0.3) is 0 Å². The summed E-state index contributed by atoms with van der Waals surface area (Å²) in [5, 5.41) is 17.2. The minimum Gasteiger partial charge on any atom is -0.477 e. The molecule has 0 saturated carbocycles. The Morgan fingerprint density at radius 2 is 2.14 bits per heavy atom. The van der Waals surface area contributed by atoms with Crippen LogP contribution >= 0.6 is 12.4 Å². The van der Waals surface area contributed by atoms with Gasteiger partial charge in [-0.25, -0.2) is 4.79 Å². The van der Waals surface area contributed by atoms with Crippen molar-refractivity contribution in [2.45, 2.75) is 0 Å². The molecule has 7 heavy (non-hydrogen) atoms. The highest BCUT2D eigenvalue weighted by molar-refractivity contribution is 6.21. The third-order valence-electron chi connectivity index (χ3n) is 0.168. The molecule has 0 fully saturated rings. The van der Waals surface area contributed by atoms with Crippen molar-refractivity contribution in [1.29, 1.82) is 0 Å². The summed E-state index contributed by atoms with van der Waals surface area (Å²) in [5.41, 5.74) is 0. The Bertz CT molecular complexity index is 81.0. The molecule has 0 atom stereocenters. The third-order valence-corrected chi connectivity index (χ3v) is 0.168. The number of carboxylic acid groups (broad SMARTS) is 1. The van der Waals surface area contributed by atoms with Gasteiger partial charge in [-0.2, -0.15) is 0 Å². The van der Waals surface area contributed by atoms with E-state index in [0.29, 0.717) is 6.21 Å². The molecule has 4 nitrogen and oxygen atoms in total. The van der Waals surface area contributed by atoms with Crippen molar-refractivity contribution in [1.82, 2.24) is 0 Å². The van der Waals surface area contributed by atoms with Gasteiger partial charge in [-0.05, 0) is 0 Å². The van der Waals surface area contributed by atoms with E-state index < -0.39 is 5.97 Å². The number of nitrogens with zero attached hydrogens (tertiary/aromatic N) is 1. The number of oxime groups is 1. The molecule has 0 spiro atoms. The first-order chi connectivity index (χ1) is 2.77. The monoisotopic (exact) mass is 125 g/mol. The summed E-state index contributed by atoms with van der Waals surface area (Å²) in [5.74, 6) is -1.25. The average Bonchev–Trinajstić information content (AvgIpc) is 1.35. The molecule has 0 aromatic heterocycles. The first-order valence-electron chi connectivity index (χ1n) is 1.17. The van der Waals surface area contributed by atoms with Crippen molar-refractivity contribution < 1.29 is 15.1 Å². The smallest absolute Gasteiger partial charge is 0.350 e. The number of hydrogen-bond donors (Lipinski definition) is 2. The topological polar surface area (TPSA) is 69.9 Å². The Morgan fingerprint density at radius 3 is 2.14 bits per heavy atom. The number of aliphatic carboxylic acids is 1. The Morgan fingerprint density at radius 1 is 1.71 bits per heavy atom. The molecule has 5 heteroatoms. The van der Waals surface area contributed by atoms with E-state index in [1.165, 1.54) is 0 Å². The maximum Gasteiger partial charge on any atom is 0.350 e. The normalized spacial score (nSPS) is 8.00. The maximum absolute atomic E-state index is 9.29. The highest BCUT2D eigenvalue weighted by atomic mass is 35.5. The number of halogens is 1. The molecule has 0 unspecified atom stereocenters. The fraction of sp³-hybridized carbons (Fsp3) is 0. The second-order valence-electron chi connectivity index (χ2n) is 0.583. The van der Waals surface area contributed by atoms with Crippen LogP contribution < -0.4 is 0 Å². The van der Waals surface area contributed by atoms with Gasteiger partial charge < -0.3 is 10.3 Å². The molecule has 0 bridgehead atoms. The largest absolute Gasteiger partial charge is 0.477 e. The van der Waals surface area contributed by atoms with Crippen molar-refractivity contribution in [3.8, 4) is 0 Å². The molecule has 0 heterocycles. The number of rotatable bonds is 1. The summed E-state index contributed by atoms with van der Waals surface area (Å²) in [6, 6.07) is 0. The highest BCUT2D eigenvalue weighted by Gasteiger charge is 1.80. The molecule has 0 aliphatic carbocycles. The fourth-order valence-corrected chi connectivity index (χ4v) is 0.0494. The molecule has 0 saturated heterocycles. The van der Waals surface area contributed by atoms with Crippen LogP contribution in [0.4, 0.5) is 0 Å². The summed E-state index contributed by atoms with van der Waals surface area (Å²) in [6.45, 7) is 0. The molecule has 0 aliphatic rings. The Labute approximate surface area is 45.9 Å². The van der Waals surface area contributed by atoms with Gasteiger partial charge in [0.05, 0.1) is 0 Å². The average molecular weight is 126 g/mol. The van der Waals surface area contributed by atoms with Crippen LogP contribution in [0.5, 0.6) is 0 Å². The van der Waals surface area contributed by atoms with Gasteiger partial charge in [0.2, 0.25) is 0 Å². The predicted octanol–water partition coefficient (Wildman–Crippen LogP) is -0.0472. The zero-order valence-electron chi connectivity index (χ0n) is 3.24. The molecular weight excluding hydrogens is 121 g/mol. The minimum absolute atomic E-state index is 0. The van der Waals surface area contributed by atoms with Gasteiger partial charge >= 0.3 is 5.97 Å². The van der Waals surface area contributed by atoms with E-state index in [0.717, 1.165) is 0 Å². The summed E-state index contributed by atoms with van der Waals surface area (Å²) in [7, 11) is 0. The lowest BCUT2D eigenvalue weighted by Gasteiger charge is -1.67. The van der Waals surface area contributed by atoms with Gasteiger partial charge in [-0.15, -0.1) is 12.4 Å². The standard InChI is InChI=1S/C2H3NO3.ClH/c4-2(5)1-3-6;/h1,6H,(H,4,5);1H. The second kappa shape index (κ2) is 5.23. The number of hydrogen-bond acceptors (Lipinski definition) is 3. The van der Waals surface area contributed by atoms with Crippen LogP contribution in [-0.4, -0.2) is 22.5 Å². The van der Waals surface area contributed by atoms with Crippen LogP contribution in [0.15, 0.2) is 5.16 Å². The van der Waals surface area contributed by atoms with Gasteiger partial charge in [0.15, 0.2) is 6.21 Å². The fourth-order valence-electron chi connectivity index (χ4n) is 0.0494. The molecule has 0 aliphatic heterocycles. The lowest BCUT2D eigenvalue weighted by molar-refractivity contribution is -0.128. The highest BCUT2D eigenvalue weighted by Crippen LogP contribution is 1.50. The van der Waals surface area contributed by atoms with E-state index in [4.69, 9.17) is 10.3 Å². The number of carbonyl (C=O) groups is 1. The lowest BCUT2D eigenvalue weighted by Crippen LogP contribution is -1.93. The summed E-state index contributed by atoms with van der Waals surface area (Å²) in [4.78, 5) is 9.29. The van der Waals surface area contributed by atoms with E-state index in [1.807, 2.05) is 0 Å². The minimum atomic E-state index is -1.25. The van der Waals surface area contributed by atoms with Crippen LogP contribution in [0.3, 0.4) is 0 Å². The van der Waals surface area contributed by atoms with Crippen LogP contribution in [-0.2, 0) is 4.79 Å². The molecular formula is C2H4ClNO3. The van der Waals surface area contributed by atoms with E-state index >= 15 is 0 Å². The van der Waals surface area contributed by atoms with Crippen molar-refractivity contribution in [2.24, 2.45) is 5.16 Å². The van der Waals surface area contributed by atoms with E-state index in [9.17, 15) is 4.79 Å². The van der Waals surface area contributed by atoms with E-state index in [-0.39, 0.29) is 12.4 Å². The molecule has 0 aromatic rings. The van der Waals surface area contributed by atoms with Gasteiger partial charge in [0.25, 0.3) is 0 Å². The van der Waals surface area contributed by atoms with E-state index in [1.54, 1.807) is 0 Å². The first kappa shape index (κ1) is 9.52. The Kier molecular flexibility index (Phi) is 7.12. The zero-order valence-corrected chi connectivity index (χ0v) is 4.05. The predicted molar refractivity (Wildman–Crippen MR) is 25.2 cm³/mol. The van der Waals surface area contributed by atoms with Crippen molar-refractivity contribution >= 4 is 24.6 Å². The zero-order chi connectivity index (χ0) is 4.99. The van der Waals surface area contributed by atoms with Gasteiger partial charge in [0.1, 0.15) is 0 Å². The van der Waals surface area contributed by atoms with Gasteiger partial charge in [-0.3, -0.25) is 0 Å². The van der Waals surface area contributed by atoms with Crippen molar-refractivity contribution in [3.05, 3.63) is 0 Å². The van der Waals surface area contributed by atoms with Crippen LogP contribution in [0.2, 0.25) is 0 Å². The quantitative estimate of drug-likeness (QED) is 0.293. The maximum atomic E-state index is 9.29. The molecule has 0 aromatic carbocycles. The lowest BCUT2D eigenvalue weighted by atomic mass is 10.8. The first-order valence-corrected chi connectivity index (χ1v) is 1.17. The summed E-state index contributed by atoms with van der Waals surface area (Å²) in [6.07, 6.45) is 0.389. The second-order valence-corrected chi connectivity index (χ2v) is 0.583. The molecule has 2 N–H and O–H groups in total. The van der Waals surface area contributed by atoms with Crippen molar-refractivity contribution in [3.63, 3.8) is 0 Å². The summed E-state index contributed by atoms with van der Waals surface area (Å²) < 4.78 is 0.